The molecule has 135 heavy (non-hydrogen) atoms. The van der Waals surface area contributed by atoms with Gasteiger partial charge in [0.2, 0.25) is 0 Å². The summed E-state index contributed by atoms with van der Waals surface area (Å²) < 4.78 is 46.7. The van der Waals surface area contributed by atoms with E-state index in [0.717, 1.165) is 150 Å². The van der Waals surface area contributed by atoms with Gasteiger partial charge in [0, 0.05) is 187 Å². The number of nitrogen functional groups attached to an aromatic ring is 1. The monoisotopic (exact) mass is 2270 g/mol. The molecule has 4 N–H and O–H groups in total. The number of aryl methyl sites for hydroxylation is 9. The SMILES string of the molecule is CC1(C)C(=O)N(Cl)C(=O)N1Cl.COC=C1C(=O)OC(C)(C)OC1=O.COc1ccc(CCc2nccs2)cc1.Cc1cc(Br)cc2[nH]ccc(=O)c12.Cc1cc(Br)cc2nccc(Cl)c12.Cc1cc(Br)cc2nccc(Cl)c12.Cc1cc(C)c2c(=O)cc[nH]c2c1.Cc1cc(N)cc(Br)c1.Cc1cc(SCc2ccccc2)cc2nccc(Cl)c12.O=S(=O)(Cl)c1ccc2c(Cl)ccnc2c1. The summed E-state index contributed by atoms with van der Waals surface area (Å²) in [6.07, 6.45) is 15.0. The van der Waals surface area contributed by atoms with E-state index in [-0.39, 0.29) is 21.3 Å². The Bertz CT molecular complexity index is 7000. The van der Waals surface area contributed by atoms with Crippen LogP contribution in [0.2, 0.25) is 20.1 Å². The molecular formula is C99H89Br4Cl7N10O12S3. The van der Waals surface area contributed by atoms with Gasteiger partial charge in [-0.25, -0.2) is 32.2 Å². The number of carbonyl (C=O) groups is 4. The quantitative estimate of drug-likeness (QED) is 0.0139. The summed E-state index contributed by atoms with van der Waals surface area (Å²) in [6, 6.07) is 58.6. The maximum absolute atomic E-state index is 11.5. The molecule has 702 valence electrons. The smallest absolute Gasteiger partial charge is 0.357 e. The molecular weight excluding hydrogens is 2190 g/mol. The maximum Gasteiger partial charge on any atom is 0.357 e. The molecule has 0 saturated carbocycles. The summed E-state index contributed by atoms with van der Waals surface area (Å²) >= 11 is 52.1. The number of anilines is 1. The molecule has 36 heteroatoms. The minimum absolute atomic E-state index is 0.0198. The van der Waals surface area contributed by atoms with Gasteiger partial charge in [-0.05, 0) is 246 Å². The average Bonchev–Trinajstić information content (AvgIpc) is 1.63. The van der Waals surface area contributed by atoms with Crippen molar-refractivity contribution < 1.29 is 46.5 Å². The number of urea groups is 1. The first-order valence-electron chi connectivity index (χ1n) is 40.6. The number of carbonyl (C=O) groups excluding carboxylic acids is 4. The van der Waals surface area contributed by atoms with Gasteiger partial charge < -0.3 is 34.6 Å². The molecule has 0 aliphatic carbocycles. The lowest BCUT2D eigenvalue weighted by Gasteiger charge is -2.29. The number of benzene rings is 9. The van der Waals surface area contributed by atoms with E-state index in [9.17, 15) is 37.2 Å². The second-order valence-electron chi connectivity index (χ2n) is 30.8. The number of aromatic nitrogens is 7. The van der Waals surface area contributed by atoms with Crippen LogP contribution in [-0.4, -0.2) is 102 Å². The lowest BCUT2D eigenvalue weighted by molar-refractivity contribution is -0.222. The fraction of sp³-hybridized carbons (Fsp3) is 0.182. The standard InChI is InChI=1S/C17H14ClNS.C12H13NOS.C11H11NO.2C10H7BrClN.C10H8BrNO.C9H5Cl2NO2S.C8H10O5.C7H8BrN.C5H6Cl2N2O2/c1-12-9-14(20-11-13-5-3-2-4-6-13)10-16-17(12)15(18)7-8-19-16;1-14-11-5-2-10(3-6-11)4-7-12-13-8-9-15-12;1-7-5-8(2)11-9(6-7)12-4-3-10(11)13;2*1-6-4-7(11)5-9-10(6)8(12)2-3-13-9;1-6-4-7(11)5-8-10(6)9(13)2-3-12-8;10-8-3-4-12-9-5-6(15(11,13)14)1-2-7(8)9;1-8(2)12-6(9)5(4-11-3)7(10)13-8;1-5-2-6(8)4-7(9)3-5;1-5(2)3(10)8(6)4(11)9(5)7/h2-10H,11H2,1H3;2-3,5-6,8-9H,4,7H2,1H3;3-6H,1-2H3,(H,12,13);2*2-5H,1H3;2-5H,1H3,(H,12,13);1-5H;4H,1-3H3;2-4H,9H2,1H3;1-2H3. The highest BCUT2D eigenvalue weighted by atomic mass is 79.9. The molecule has 2 aliphatic heterocycles. The normalized spacial score (nSPS) is 12.7. The molecule has 0 spiro atoms. The zero-order valence-electron chi connectivity index (χ0n) is 74.7. The van der Waals surface area contributed by atoms with E-state index in [1.807, 2.05) is 168 Å². The van der Waals surface area contributed by atoms with E-state index >= 15 is 0 Å². The number of cyclic esters (lactones) is 2. The second-order valence-corrected chi connectivity index (χ2v) is 41.3. The average molecular weight is 2270 g/mol. The van der Waals surface area contributed by atoms with Crippen molar-refractivity contribution in [3.8, 4) is 5.75 Å². The first kappa shape index (κ1) is 109. The van der Waals surface area contributed by atoms with Crippen molar-refractivity contribution in [2.45, 2.75) is 116 Å². The predicted octanol–water partition coefficient (Wildman–Crippen LogP) is 27.9. The highest BCUT2D eigenvalue weighted by molar-refractivity contribution is 9.11. The van der Waals surface area contributed by atoms with E-state index in [0.29, 0.717) is 20.3 Å². The number of thiazole rings is 1. The fourth-order valence-electron chi connectivity index (χ4n) is 13.3. The van der Waals surface area contributed by atoms with E-state index in [2.05, 4.69) is 159 Å². The van der Waals surface area contributed by atoms with Gasteiger partial charge in [-0.15, -0.1) is 23.1 Å². The predicted molar refractivity (Wildman–Crippen MR) is 564 cm³/mol. The third kappa shape index (κ3) is 31.2. The van der Waals surface area contributed by atoms with Crippen LogP contribution in [0.4, 0.5) is 10.5 Å². The number of thioether (sulfide) groups is 1. The van der Waals surface area contributed by atoms with Crippen molar-refractivity contribution in [3.05, 3.63) is 362 Å². The highest BCUT2D eigenvalue weighted by Gasteiger charge is 2.51. The number of esters is 2. The van der Waals surface area contributed by atoms with Crippen LogP contribution >= 0.6 is 167 Å². The number of H-pyrrole nitrogens is 2. The minimum Gasteiger partial charge on any atom is -0.503 e. The zero-order chi connectivity index (χ0) is 98.9. The Balaban J connectivity index is 0.000000169. The van der Waals surface area contributed by atoms with Crippen molar-refractivity contribution in [2.75, 3.05) is 20.0 Å². The van der Waals surface area contributed by atoms with Gasteiger partial charge in [-0.3, -0.25) is 34.3 Å². The first-order chi connectivity index (χ1) is 63.9. The van der Waals surface area contributed by atoms with Gasteiger partial charge in [-0.2, -0.15) is 4.42 Å². The van der Waals surface area contributed by atoms with Gasteiger partial charge in [-0.1, -0.05) is 159 Å². The molecule has 22 nitrogen and oxygen atoms in total. The summed E-state index contributed by atoms with van der Waals surface area (Å²) in [5.41, 5.74) is 20.8. The van der Waals surface area contributed by atoms with Gasteiger partial charge in [0.1, 0.15) is 17.6 Å². The van der Waals surface area contributed by atoms with E-state index in [1.165, 1.54) is 90.9 Å². The number of hydrogen-bond donors (Lipinski definition) is 3. The number of halogens is 11. The fourth-order valence-corrected chi connectivity index (χ4v) is 19.5. The van der Waals surface area contributed by atoms with Crippen molar-refractivity contribution in [1.29, 1.82) is 0 Å². The number of imide groups is 1. The van der Waals surface area contributed by atoms with Crippen LogP contribution in [0.25, 0.3) is 65.4 Å². The number of hydrogen-bond acceptors (Lipinski definition) is 20. The molecule has 7 aromatic heterocycles. The number of nitrogens with zero attached hydrogens (tertiary/aromatic N) is 7. The van der Waals surface area contributed by atoms with Gasteiger partial charge in [0.05, 0.1) is 71.8 Å². The topological polar surface area (TPSA) is 302 Å². The third-order valence-corrected chi connectivity index (χ3v) is 26.7. The van der Waals surface area contributed by atoms with Crippen molar-refractivity contribution >= 4 is 271 Å². The molecule has 0 radical (unpaired) electrons. The van der Waals surface area contributed by atoms with Crippen LogP contribution in [0, 0.1) is 48.5 Å². The largest absolute Gasteiger partial charge is 0.503 e. The molecule has 2 fully saturated rings. The van der Waals surface area contributed by atoms with Crippen LogP contribution in [0.15, 0.2) is 286 Å². The number of aromatic amines is 2. The number of nitrogens with two attached hydrogens (primary N) is 1. The third-order valence-electron chi connectivity index (χ3n) is 19.5. The number of pyridine rings is 6. The summed E-state index contributed by atoms with van der Waals surface area (Å²) in [4.78, 5) is 95.8. The van der Waals surface area contributed by atoms with Crippen LogP contribution < -0.4 is 21.3 Å². The van der Waals surface area contributed by atoms with Crippen LogP contribution in [0.1, 0.15) is 82.8 Å². The van der Waals surface area contributed by atoms with E-state index < -0.39 is 44.3 Å². The molecule has 16 aromatic rings. The number of rotatable bonds is 9. The van der Waals surface area contributed by atoms with Crippen molar-refractivity contribution in [3.63, 3.8) is 0 Å². The summed E-state index contributed by atoms with van der Waals surface area (Å²) in [7, 11) is 4.50. The Morgan fingerprint density at radius 2 is 0.978 bits per heavy atom. The minimum atomic E-state index is -3.72. The van der Waals surface area contributed by atoms with Gasteiger partial charge in [0.25, 0.3) is 20.7 Å². The van der Waals surface area contributed by atoms with Crippen LogP contribution in [0.3, 0.4) is 0 Å². The van der Waals surface area contributed by atoms with Crippen molar-refractivity contribution in [1.82, 2.24) is 43.7 Å². The Kier molecular flexibility index (Phi) is 40.5. The number of amides is 3. The molecule has 18 rings (SSSR count). The van der Waals surface area contributed by atoms with Crippen LogP contribution in [-0.2, 0) is 56.2 Å². The lowest BCUT2D eigenvalue weighted by atomic mass is 10.1. The molecule has 2 aliphatic rings. The Morgan fingerprint density at radius 3 is 1.44 bits per heavy atom. The first-order valence-corrected chi connectivity index (χ1v) is 50.1. The molecule has 0 bridgehead atoms. The van der Waals surface area contributed by atoms with Gasteiger partial charge in [0.15, 0.2) is 16.4 Å². The highest BCUT2D eigenvalue weighted by Crippen LogP contribution is 2.36. The summed E-state index contributed by atoms with van der Waals surface area (Å²) in [5, 5.41) is 11.4. The Labute approximate surface area is 857 Å². The molecule has 0 unspecified atom stereocenters. The number of fused-ring (bicyclic) bond motifs is 6. The number of methoxy groups -OCH3 is 2. The summed E-state index contributed by atoms with van der Waals surface area (Å²) in [5.74, 6) is -1.30. The van der Waals surface area contributed by atoms with E-state index in [1.54, 1.807) is 73.7 Å². The second kappa shape index (κ2) is 50.3. The van der Waals surface area contributed by atoms with Gasteiger partial charge >= 0.3 is 18.0 Å². The van der Waals surface area contributed by atoms with Crippen LogP contribution in [0.5, 0.6) is 5.75 Å². The maximum atomic E-state index is 11.5. The zero-order valence-corrected chi connectivity index (χ0v) is 88.8. The molecule has 0 atom stereocenters. The number of nitrogens with one attached hydrogen (secondary N) is 2. The molecule has 9 aromatic carbocycles. The molecule has 9 heterocycles. The Hall–Kier alpha value is -10.1. The number of ether oxygens (including phenoxy) is 4. The Morgan fingerprint density at radius 1 is 0.504 bits per heavy atom. The molecule has 2 saturated heterocycles. The van der Waals surface area contributed by atoms with E-state index in [4.69, 9.17) is 101 Å². The lowest BCUT2D eigenvalue weighted by Crippen LogP contribution is -2.41. The van der Waals surface area contributed by atoms with Crippen molar-refractivity contribution in [2.24, 2.45) is 0 Å². The summed E-state index contributed by atoms with van der Waals surface area (Å²) in [6.45, 7) is 20.1. The molecule has 3 amide bonds.